The van der Waals surface area contributed by atoms with E-state index >= 15 is 0 Å². The first-order chi connectivity index (χ1) is 16.3. The summed E-state index contributed by atoms with van der Waals surface area (Å²) in [5.74, 6) is 3.51. The Morgan fingerprint density at radius 2 is 1.82 bits per heavy atom. The quantitative estimate of drug-likeness (QED) is 0.273. The van der Waals surface area contributed by atoms with Gasteiger partial charge in [0.2, 0.25) is 17.5 Å². The summed E-state index contributed by atoms with van der Waals surface area (Å²) in [5.41, 5.74) is 1.94. The van der Waals surface area contributed by atoms with Crippen LogP contribution in [0.1, 0.15) is 18.4 Å². The third kappa shape index (κ3) is 4.68. The highest BCUT2D eigenvalue weighted by Gasteiger charge is 2.19. The molecule has 3 heterocycles. The number of rotatable bonds is 9. The molecule has 0 unspecified atom stereocenters. The van der Waals surface area contributed by atoms with Crippen molar-refractivity contribution in [3.63, 3.8) is 0 Å². The summed E-state index contributed by atoms with van der Waals surface area (Å²) < 4.78 is 18.8. The monoisotopic (exact) mass is 459 g/mol. The van der Waals surface area contributed by atoms with Gasteiger partial charge in [-0.3, -0.25) is 4.57 Å². The molecule has 9 heteroatoms. The molecule has 0 fully saturated rings. The molecule has 0 bridgehead atoms. The first kappa shape index (κ1) is 21.0. The molecular weight excluding hydrogens is 438 g/mol. The minimum atomic E-state index is 0.453. The van der Waals surface area contributed by atoms with Crippen molar-refractivity contribution in [2.24, 2.45) is 0 Å². The van der Waals surface area contributed by atoms with Crippen molar-refractivity contribution in [2.45, 2.75) is 24.4 Å². The lowest BCUT2D eigenvalue weighted by Crippen LogP contribution is -2.04. The maximum Gasteiger partial charge on any atom is 0.237 e. The van der Waals surface area contributed by atoms with E-state index in [4.69, 9.17) is 13.7 Å². The average molecular weight is 460 g/mol. The Morgan fingerprint density at radius 3 is 2.64 bits per heavy atom. The summed E-state index contributed by atoms with van der Waals surface area (Å²) >= 11 is 1.48. The van der Waals surface area contributed by atoms with E-state index in [9.17, 15) is 0 Å². The average Bonchev–Trinajstić information content (AvgIpc) is 3.61. The van der Waals surface area contributed by atoms with Crippen LogP contribution in [0.4, 0.5) is 0 Å². The van der Waals surface area contributed by atoms with Crippen molar-refractivity contribution < 1.29 is 13.7 Å². The molecule has 0 amide bonds. The second-order valence-electron chi connectivity index (χ2n) is 7.08. The molecule has 0 aliphatic rings. The van der Waals surface area contributed by atoms with Gasteiger partial charge in [0.25, 0.3) is 0 Å². The fourth-order valence-corrected chi connectivity index (χ4v) is 4.15. The fraction of sp³-hybridized carbons (Fsp3) is 0.167. The van der Waals surface area contributed by atoms with Gasteiger partial charge in [0.1, 0.15) is 5.75 Å². The number of ether oxygens (including phenoxy) is 1. The van der Waals surface area contributed by atoms with Crippen LogP contribution in [0.25, 0.3) is 23.0 Å². The lowest BCUT2D eigenvalue weighted by Gasteiger charge is -2.08. The Bertz CT molecular complexity index is 1320. The zero-order valence-electron chi connectivity index (χ0n) is 17.9. The molecule has 3 aromatic heterocycles. The maximum atomic E-state index is 5.68. The van der Waals surface area contributed by atoms with Crippen LogP contribution >= 0.6 is 11.8 Å². The normalized spacial score (nSPS) is 11.1. The third-order valence-electron chi connectivity index (χ3n) is 4.86. The van der Waals surface area contributed by atoms with Gasteiger partial charge in [-0.25, -0.2) is 0 Å². The predicted octanol–water partition coefficient (Wildman–Crippen LogP) is 5.33. The van der Waals surface area contributed by atoms with E-state index in [1.807, 2.05) is 66.1 Å². The third-order valence-corrected chi connectivity index (χ3v) is 5.81. The molecule has 33 heavy (non-hydrogen) atoms. The number of benzene rings is 2. The van der Waals surface area contributed by atoms with E-state index in [0.29, 0.717) is 42.2 Å². The molecule has 166 valence electrons. The van der Waals surface area contributed by atoms with Crippen LogP contribution in [-0.4, -0.2) is 31.5 Å². The lowest BCUT2D eigenvalue weighted by molar-refractivity contribution is 0.341. The smallest absolute Gasteiger partial charge is 0.237 e. The highest BCUT2D eigenvalue weighted by atomic mass is 32.2. The molecule has 2 aromatic carbocycles. The molecule has 0 saturated carbocycles. The number of furan rings is 1. The van der Waals surface area contributed by atoms with Crippen LogP contribution in [0.5, 0.6) is 5.75 Å². The molecule has 0 radical (unpaired) electrons. The van der Waals surface area contributed by atoms with Crippen molar-refractivity contribution in [3.05, 3.63) is 84.4 Å². The molecular formula is C24H21N5O3S. The largest absolute Gasteiger partial charge is 0.493 e. The van der Waals surface area contributed by atoms with Crippen LogP contribution in [0.15, 0.2) is 87.1 Å². The molecule has 0 N–H and O–H groups in total. The van der Waals surface area contributed by atoms with Crippen LogP contribution in [0.2, 0.25) is 0 Å². The van der Waals surface area contributed by atoms with Crippen molar-refractivity contribution in [2.75, 3.05) is 6.61 Å². The summed E-state index contributed by atoms with van der Waals surface area (Å²) in [5, 5.41) is 13.6. The Kier molecular flexibility index (Phi) is 6.21. The number of para-hydroxylation sites is 1. The van der Waals surface area contributed by atoms with Gasteiger partial charge in [0, 0.05) is 0 Å². The second-order valence-corrected chi connectivity index (χ2v) is 8.03. The number of hydrogen-bond donors (Lipinski definition) is 0. The first-order valence-electron chi connectivity index (χ1n) is 10.5. The minimum absolute atomic E-state index is 0.453. The van der Waals surface area contributed by atoms with E-state index in [0.717, 1.165) is 22.0 Å². The second kappa shape index (κ2) is 9.74. The lowest BCUT2D eigenvalue weighted by atomic mass is 10.2. The van der Waals surface area contributed by atoms with Gasteiger partial charge in [0.05, 0.1) is 30.7 Å². The van der Waals surface area contributed by atoms with Crippen molar-refractivity contribution in [1.29, 1.82) is 0 Å². The van der Waals surface area contributed by atoms with Crippen LogP contribution in [-0.2, 0) is 12.3 Å². The first-order valence-corrected chi connectivity index (χ1v) is 11.5. The Hall–Kier alpha value is -3.85. The molecule has 5 aromatic rings. The molecule has 8 nitrogen and oxygen atoms in total. The SMILES string of the molecule is CCOc1ccccc1-c1noc(CSc2nnc(-c3ccco3)n2Cc2ccccc2)n1. The number of aromatic nitrogens is 5. The van der Waals surface area contributed by atoms with Gasteiger partial charge in [-0.1, -0.05) is 59.4 Å². The zero-order chi connectivity index (χ0) is 22.5. The summed E-state index contributed by atoms with van der Waals surface area (Å²) in [6, 6.07) is 21.5. The van der Waals surface area contributed by atoms with Gasteiger partial charge >= 0.3 is 0 Å². The number of thioether (sulfide) groups is 1. The standard InChI is InChI=1S/C24H21N5O3S/c1-2-30-19-12-7-6-11-18(19)22-25-21(32-28-22)16-33-24-27-26-23(20-13-8-14-31-20)29(24)15-17-9-4-3-5-10-17/h3-14H,2,15-16H2,1H3. The van der Waals surface area contributed by atoms with Gasteiger partial charge in [-0.2, -0.15) is 4.98 Å². The molecule has 5 rings (SSSR count). The maximum absolute atomic E-state index is 5.68. The molecule has 0 aliphatic carbocycles. The molecule has 0 spiro atoms. The van der Waals surface area contributed by atoms with Gasteiger partial charge in [-0.15, -0.1) is 10.2 Å². The fourth-order valence-electron chi connectivity index (χ4n) is 3.37. The van der Waals surface area contributed by atoms with Crippen LogP contribution in [0, 0.1) is 0 Å². The van der Waals surface area contributed by atoms with Gasteiger partial charge in [-0.05, 0) is 36.8 Å². The summed E-state index contributed by atoms with van der Waals surface area (Å²) in [6.07, 6.45) is 1.63. The Balaban J connectivity index is 1.37. The molecule has 0 saturated heterocycles. The van der Waals surface area contributed by atoms with Crippen molar-refractivity contribution in [3.8, 4) is 28.7 Å². The van der Waals surface area contributed by atoms with Crippen molar-refractivity contribution in [1.82, 2.24) is 24.9 Å². The van der Waals surface area contributed by atoms with Gasteiger partial charge in [0.15, 0.2) is 10.9 Å². The number of nitrogens with zero attached hydrogens (tertiary/aromatic N) is 5. The van der Waals surface area contributed by atoms with E-state index < -0.39 is 0 Å². The summed E-state index contributed by atoms with van der Waals surface area (Å²) in [4.78, 5) is 4.55. The van der Waals surface area contributed by atoms with Crippen LogP contribution < -0.4 is 4.74 Å². The topological polar surface area (TPSA) is 92.0 Å². The molecule has 0 atom stereocenters. The Labute approximate surface area is 194 Å². The molecule has 0 aliphatic heterocycles. The summed E-state index contributed by atoms with van der Waals surface area (Å²) in [7, 11) is 0. The zero-order valence-corrected chi connectivity index (χ0v) is 18.7. The minimum Gasteiger partial charge on any atom is -0.493 e. The van der Waals surface area contributed by atoms with E-state index in [2.05, 4.69) is 32.5 Å². The summed E-state index contributed by atoms with van der Waals surface area (Å²) in [6.45, 7) is 3.12. The van der Waals surface area contributed by atoms with E-state index in [-0.39, 0.29) is 0 Å². The van der Waals surface area contributed by atoms with E-state index in [1.54, 1.807) is 6.26 Å². The predicted molar refractivity (Wildman–Crippen MR) is 124 cm³/mol. The van der Waals surface area contributed by atoms with Crippen LogP contribution in [0.3, 0.4) is 0 Å². The van der Waals surface area contributed by atoms with Gasteiger partial charge < -0.3 is 13.7 Å². The highest BCUT2D eigenvalue weighted by Crippen LogP contribution is 2.30. The highest BCUT2D eigenvalue weighted by molar-refractivity contribution is 7.98. The number of hydrogen-bond acceptors (Lipinski definition) is 8. The Morgan fingerprint density at radius 1 is 0.970 bits per heavy atom. The van der Waals surface area contributed by atoms with Crippen molar-refractivity contribution >= 4 is 11.8 Å². The van der Waals surface area contributed by atoms with E-state index in [1.165, 1.54) is 11.8 Å².